The highest BCUT2D eigenvalue weighted by Crippen LogP contribution is 2.15. The number of hydrogen-bond donors (Lipinski definition) is 1. The molecule has 4 heteroatoms. The molecule has 0 amide bonds. The summed E-state index contributed by atoms with van der Waals surface area (Å²) in [5.74, 6) is -1.60. The molecule has 1 atom stereocenters. The number of carbonyl (C=O) groups is 2. The van der Waals surface area contributed by atoms with Crippen molar-refractivity contribution in [1.29, 1.82) is 0 Å². The van der Waals surface area contributed by atoms with Gasteiger partial charge in [0.15, 0.2) is 5.78 Å². The van der Waals surface area contributed by atoms with Gasteiger partial charge in [0.1, 0.15) is 0 Å². The number of nitrogens with zero attached hydrogens (tertiary/aromatic N) is 1. The van der Waals surface area contributed by atoms with Gasteiger partial charge in [-0.15, -0.1) is 0 Å². The lowest BCUT2D eigenvalue weighted by Gasteiger charge is -2.08. The molecule has 0 spiro atoms. The quantitative estimate of drug-likeness (QED) is 0.828. The molecule has 0 aliphatic rings. The molecule has 0 saturated heterocycles. The molecule has 108 valence electrons. The maximum Gasteiger partial charge on any atom is 0.304 e. The van der Waals surface area contributed by atoms with Crippen molar-refractivity contribution in [3.63, 3.8) is 0 Å². The van der Waals surface area contributed by atoms with Crippen molar-refractivity contribution in [1.82, 2.24) is 4.98 Å². The van der Waals surface area contributed by atoms with Crippen molar-refractivity contribution < 1.29 is 14.7 Å². The van der Waals surface area contributed by atoms with Crippen LogP contribution in [-0.2, 0) is 11.2 Å². The van der Waals surface area contributed by atoms with Crippen molar-refractivity contribution in [2.24, 2.45) is 5.92 Å². The molecule has 1 aromatic carbocycles. The number of Topliss-reactive ketones (excluding diaryl/α,β-unsaturated/α-hetero) is 1. The van der Waals surface area contributed by atoms with Crippen LogP contribution in [0, 0.1) is 5.92 Å². The second-order valence-electron chi connectivity index (χ2n) is 5.10. The fraction of sp³-hybridized carbons (Fsp3) is 0.235. The van der Waals surface area contributed by atoms with E-state index in [-0.39, 0.29) is 12.2 Å². The number of carboxylic acid groups (broad SMARTS) is 1. The summed E-state index contributed by atoms with van der Waals surface area (Å²) >= 11 is 0. The number of ketones is 1. The molecule has 2 aromatic rings. The molecular formula is C17H17NO3. The summed E-state index contributed by atoms with van der Waals surface area (Å²) < 4.78 is 0. The number of carbonyl (C=O) groups excluding carboxylic acids is 1. The summed E-state index contributed by atoms with van der Waals surface area (Å²) in [4.78, 5) is 26.8. The van der Waals surface area contributed by atoms with Gasteiger partial charge in [-0.2, -0.15) is 0 Å². The molecule has 21 heavy (non-hydrogen) atoms. The minimum Gasteiger partial charge on any atom is -0.481 e. The lowest BCUT2D eigenvalue weighted by atomic mass is 9.95. The minimum atomic E-state index is -0.955. The average molecular weight is 283 g/mol. The lowest BCUT2D eigenvalue weighted by molar-refractivity contribution is -0.137. The van der Waals surface area contributed by atoms with Crippen LogP contribution in [0.2, 0.25) is 0 Å². The van der Waals surface area contributed by atoms with Crippen molar-refractivity contribution >= 4 is 11.8 Å². The van der Waals surface area contributed by atoms with Gasteiger partial charge in [-0.25, -0.2) is 0 Å². The third-order valence-corrected chi connectivity index (χ3v) is 3.30. The maximum absolute atomic E-state index is 12.1. The second kappa shape index (κ2) is 6.79. The standard InChI is InChI=1S/C17H17NO3/c1-12(9-16(19)20)17(21)15-6-4-13(5-7-15)10-14-3-2-8-18-11-14/h2-8,11-12H,9-10H2,1H3,(H,19,20). The average Bonchev–Trinajstić information content (AvgIpc) is 2.47. The summed E-state index contributed by atoms with van der Waals surface area (Å²) in [7, 11) is 0. The summed E-state index contributed by atoms with van der Waals surface area (Å²) in [6.07, 6.45) is 4.16. The molecule has 0 aliphatic heterocycles. The molecule has 0 saturated carbocycles. The third kappa shape index (κ3) is 4.24. The van der Waals surface area contributed by atoms with Crippen molar-refractivity contribution in [3.05, 3.63) is 65.5 Å². The van der Waals surface area contributed by atoms with Crippen LogP contribution >= 0.6 is 0 Å². The van der Waals surface area contributed by atoms with Gasteiger partial charge in [-0.3, -0.25) is 14.6 Å². The Labute approximate surface area is 123 Å². The Bertz CT molecular complexity index is 620. The normalized spacial score (nSPS) is 11.9. The Hall–Kier alpha value is -2.49. The first-order chi connectivity index (χ1) is 10.1. The van der Waals surface area contributed by atoms with Crippen molar-refractivity contribution in [2.45, 2.75) is 19.8 Å². The van der Waals surface area contributed by atoms with Gasteiger partial charge in [-0.05, 0) is 23.6 Å². The van der Waals surface area contributed by atoms with Gasteiger partial charge >= 0.3 is 5.97 Å². The van der Waals surface area contributed by atoms with E-state index in [1.54, 1.807) is 25.3 Å². The van der Waals surface area contributed by atoms with E-state index in [9.17, 15) is 9.59 Å². The number of carboxylic acids is 1. The highest BCUT2D eigenvalue weighted by Gasteiger charge is 2.17. The van der Waals surface area contributed by atoms with E-state index >= 15 is 0 Å². The summed E-state index contributed by atoms with van der Waals surface area (Å²) in [5, 5.41) is 8.73. The van der Waals surface area contributed by atoms with Gasteiger partial charge in [0.2, 0.25) is 0 Å². The Morgan fingerprint density at radius 2 is 1.86 bits per heavy atom. The molecule has 4 nitrogen and oxygen atoms in total. The molecule has 0 bridgehead atoms. The molecular weight excluding hydrogens is 266 g/mol. The zero-order chi connectivity index (χ0) is 15.2. The second-order valence-corrected chi connectivity index (χ2v) is 5.10. The molecule has 0 fully saturated rings. The van der Waals surface area contributed by atoms with E-state index in [1.165, 1.54) is 0 Å². The number of pyridine rings is 1. The zero-order valence-electron chi connectivity index (χ0n) is 11.8. The first kappa shape index (κ1) is 14.9. The van der Waals surface area contributed by atoms with E-state index in [2.05, 4.69) is 4.98 Å². The first-order valence-corrected chi connectivity index (χ1v) is 6.80. The van der Waals surface area contributed by atoms with Gasteiger partial charge in [0, 0.05) is 23.9 Å². The molecule has 1 heterocycles. The van der Waals surface area contributed by atoms with Crippen LogP contribution in [0.1, 0.15) is 34.8 Å². The zero-order valence-corrected chi connectivity index (χ0v) is 11.8. The number of rotatable bonds is 6. The SMILES string of the molecule is CC(CC(=O)O)C(=O)c1ccc(Cc2cccnc2)cc1. The molecule has 0 aliphatic carbocycles. The predicted octanol–water partition coefficient (Wildman–Crippen LogP) is 2.97. The van der Waals surface area contributed by atoms with Crippen molar-refractivity contribution in [2.75, 3.05) is 0 Å². The molecule has 0 radical (unpaired) electrons. The number of hydrogen-bond acceptors (Lipinski definition) is 3. The number of aromatic nitrogens is 1. The van der Waals surface area contributed by atoms with E-state index in [4.69, 9.17) is 5.11 Å². The first-order valence-electron chi connectivity index (χ1n) is 6.80. The fourth-order valence-corrected chi connectivity index (χ4v) is 2.16. The number of benzene rings is 1. The van der Waals surface area contributed by atoms with Crippen LogP contribution < -0.4 is 0 Å². The van der Waals surface area contributed by atoms with Crippen molar-refractivity contribution in [3.8, 4) is 0 Å². The van der Waals surface area contributed by atoms with Gasteiger partial charge in [-0.1, -0.05) is 37.3 Å². The summed E-state index contributed by atoms with van der Waals surface area (Å²) in [5.41, 5.74) is 2.75. The lowest BCUT2D eigenvalue weighted by Crippen LogP contribution is -2.15. The summed E-state index contributed by atoms with van der Waals surface area (Å²) in [6.45, 7) is 1.64. The van der Waals surface area contributed by atoms with Crippen LogP contribution in [-0.4, -0.2) is 21.8 Å². The van der Waals surface area contributed by atoms with Gasteiger partial charge in [0.05, 0.1) is 6.42 Å². The third-order valence-electron chi connectivity index (χ3n) is 3.30. The van der Waals surface area contributed by atoms with E-state index in [0.717, 1.165) is 17.5 Å². The van der Waals surface area contributed by atoms with Crippen LogP contribution in [0.5, 0.6) is 0 Å². The van der Waals surface area contributed by atoms with E-state index in [1.807, 2.05) is 30.5 Å². The monoisotopic (exact) mass is 283 g/mol. The van der Waals surface area contributed by atoms with Gasteiger partial charge in [0.25, 0.3) is 0 Å². The van der Waals surface area contributed by atoms with Crippen LogP contribution in [0.25, 0.3) is 0 Å². The number of aliphatic carboxylic acids is 1. The molecule has 1 N–H and O–H groups in total. The Kier molecular flexibility index (Phi) is 4.82. The molecule has 1 aromatic heterocycles. The largest absolute Gasteiger partial charge is 0.481 e. The maximum atomic E-state index is 12.1. The molecule has 1 unspecified atom stereocenters. The van der Waals surface area contributed by atoms with Crippen LogP contribution in [0.3, 0.4) is 0 Å². The Balaban J connectivity index is 2.05. The highest BCUT2D eigenvalue weighted by atomic mass is 16.4. The Morgan fingerprint density at radius 3 is 2.43 bits per heavy atom. The van der Waals surface area contributed by atoms with Gasteiger partial charge < -0.3 is 5.11 Å². The smallest absolute Gasteiger partial charge is 0.304 e. The van der Waals surface area contributed by atoms with E-state index in [0.29, 0.717) is 5.56 Å². The van der Waals surface area contributed by atoms with Crippen LogP contribution in [0.4, 0.5) is 0 Å². The Morgan fingerprint density at radius 1 is 1.14 bits per heavy atom. The topological polar surface area (TPSA) is 67.3 Å². The molecule has 2 rings (SSSR count). The highest BCUT2D eigenvalue weighted by molar-refractivity contribution is 5.99. The summed E-state index contributed by atoms with van der Waals surface area (Å²) in [6, 6.07) is 11.2. The fourth-order valence-electron chi connectivity index (χ4n) is 2.16. The van der Waals surface area contributed by atoms with E-state index < -0.39 is 11.9 Å². The predicted molar refractivity (Wildman–Crippen MR) is 79.2 cm³/mol. The minimum absolute atomic E-state index is 0.134. The van der Waals surface area contributed by atoms with Crippen LogP contribution in [0.15, 0.2) is 48.8 Å².